The van der Waals surface area contributed by atoms with E-state index in [2.05, 4.69) is 15.3 Å². The number of halogens is 2. The summed E-state index contributed by atoms with van der Waals surface area (Å²) in [6.07, 6.45) is 2.79. The van der Waals surface area contributed by atoms with Crippen LogP contribution in [0.3, 0.4) is 0 Å². The molecule has 1 aromatic carbocycles. The molecule has 2 rings (SSSR count). The minimum Gasteiger partial charge on any atom is -0.318 e. The second-order valence-electron chi connectivity index (χ2n) is 3.60. The van der Waals surface area contributed by atoms with Crippen LogP contribution < -0.4 is 5.32 Å². The SMILES string of the molecule is Cc1cnc(C(=O)Nc2cccc(Cl)c2F)cn1. The van der Waals surface area contributed by atoms with Crippen molar-refractivity contribution in [3.05, 3.63) is 52.8 Å². The summed E-state index contributed by atoms with van der Waals surface area (Å²) in [5.74, 6) is -1.21. The average molecular weight is 266 g/mol. The van der Waals surface area contributed by atoms with Gasteiger partial charge in [-0.05, 0) is 19.1 Å². The third kappa shape index (κ3) is 2.62. The van der Waals surface area contributed by atoms with E-state index in [1.165, 1.54) is 24.5 Å². The smallest absolute Gasteiger partial charge is 0.275 e. The summed E-state index contributed by atoms with van der Waals surface area (Å²) in [7, 11) is 0. The van der Waals surface area contributed by atoms with E-state index in [-0.39, 0.29) is 16.4 Å². The van der Waals surface area contributed by atoms with E-state index in [1.54, 1.807) is 13.0 Å². The van der Waals surface area contributed by atoms with Gasteiger partial charge in [0.2, 0.25) is 0 Å². The molecule has 0 atom stereocenters. The molecular formula is C12H9ClFN3O. The molecule has 0 bridgehead atoms. The number of nitrogens with zero attached hydrogens (tertiary/aromatic N) is 2. The van der Waals surface area contributed by atoms with Gasteiger partial charge < -0.3 is 5.32 Å². The number of rotatable bonds is 2. The zero-order valence-corrected chi connectivity index (χ0v) is 10.2. The normalized spacial score (nSPS) is 10.2. The van der Waals surface area contributed by atoms with Crippen LogP contribution in [0, 0.1) is 12.7 Å². The highest BCUT2D eigenvalue weighted by Crippen LogP contribution is 2.22. The second-order valence-corrected chi connectivity index (χ2v) is 4.01. The predicted octanol–water partition coefficient (Wildman–Crippen LogP) is 2.83. The van der Waals surface area contributed by atoms with Gasteiger partial charge in [-0.1, -0.05) is 17.7 Å². The Kier molecular flexibility index (Phi) is 3.53. The van der Waals surface area contributed by atoms with Crippen LogP contribution in [0.5, 0.6) is 0 Å². The van der Waals surface area contributed by atoms with Crippen molar-refractivity contribution in [3.8, 4) is 0 Å². The summed E-state index contributed by atoms with van der Waals surface area (Å²) >= 11 is 5.61. The summed E-state index contributed by atoms with van der Waals surface area (Å²) in [5, 5.41) is 2.33. The van der Waals surface area contributed by atoms with Gasteiger partial charge in [0.05, 0.1) is 22.6 Å². The predicted molar refractivity (Wildman–Crippen MR) is 66.1 cm³/mol. The minimum absolute atomic E-state index is 0.00914. The molecule has 0 saturated carbocycles. The molecule has 1 heterocycles. The first-order valence-corrected chi connectivity index (χ1v) is 5.50. The van der Waals surface area contributed by atoms with E-state index < -0.39 is 11.7 Å². The largest absolute Gasteiger partial charge is 0.318 e. The van der Waals surface area contributed by atoms with Crippen LogP contribution in [0.4, 0.5) is 10.1 Å². The molecule has 0 aliphatic rings. The molecular weight excluding hydrogens is 257 g/mol. The Morgan fingerprint density at radius 1 is 1.33 bits per heavy atom. The summed E-state index contributed by atoms with van der Waals surface area (Å²) in [6, 6.07) is 4.36. The van der Waals surface area contributed by atoms with Gasteiger partial charge in [-0.2, -0.15) is 0 Å². The number of carbonyl (C=O) groups excluding carboxylic acids is 1. The van der Waals surface area contributed by atoms with Crippen molar-refractivity contribution in [1.82, 2.24) is 9.97 Å². The number of aromatic nitrogens is 2. The molecule has 0 aliphatic heterocycles. The van der Waals surface area contributed by atoms with E-state index in [4.69, 9.17) is 11.6 Å². The van der Waals surface area contributed by atoms with Gasteiger partial charge in [0.15, 0.2) is 5.82 Å². The molecule has 0 saturated heterocycles. The molecule has 0 radical (unpaired) electrons. The Morgan fingerprint density at radius 2 is 2.11 bits per heavy atom. The van der Waals surface area contributed by atoms with Crippen LogP contribution in [0.25, 0.3) is 0 Å². The molecule has 0 aliphatic carbocycles. The number of carbonyl (C=O) groups is 1. The maximum Gasteiger partial charge on any atom is 0.275 e. The molecule has 92 valence electrons. The van der Waals surface area contributed by atoms with Crippen molar-refractivity contribution in [1.29, 1.82) is 0 Å². The fraction of sp³-hybridized carbons (Fsp3) is 0.0833. The number of amides is 1. The first-order chi connectivity index (χ1) is 8.58. The topological polar surface area (TPSA) is 54.9 Å². The van der Waals surface area contributed by atoms with E-state index in [9.17, 15) is 9.18 Å². The van der Waals surface area contributed by atoms with Crippen LogP contribution in [0.15, 0.2) is 30.6 Å². The fourth-order valence-corrected chi connectivity index (χ4v) is 1.47. The second kappa shape index (κ2) is 5.10. The first kappa shape index (κ1) is 12.4. The van der Waals surface area contributed by atoms with Crippen LogP contribution in [-0.4, -0.2) is 15.9 Å². The monoisotopic (exact) mass is 265 g/mol. The lowest BCUT2D eigenvalue weighted by Gasteiger charge is -2.06. The van der Waals surface area contributed by atoms with Gasteiger partial charge in [-0.3, -0.25) is 9.78 Å². The molecule has 6 heteroatoms. The Balaban J connectivity index is 2.21. The zero-order chi connectivity index (χ0) is 13.1. The molecule has 4 nitrogen and oxygen atoms in total. The quantitative estimate of drug-likeness (QED) is 0.908. The third-order valence-electron chi connectivity index (χ3n) is 2.21. The van der Waals surface area contributed by atoms with Crippen molar-refractivity contribution in [3.63, 3.8) is 0 Å². The number of benzene rings is 1. The Bertz CT molecular complexity index is 586. The Hall–Kier alpha value is -2.01. The van der Waals surface area contributed by atoms with Crippen molar-refractivity contribution in [2.45, 2.75) is 6.92 Å². The van der Waals surface area contributed by atoms with Gasteiger partial charge >= 0.3 is 0 Å². The molecule has 1 aromatic heterocycles. The average Bonchev–Trinajstić information content (AvgIpc) is 2.36. The fourth-order valence-electron chi connectivity index (χ4n) is 1.30. The summed E-state index contributed by atoms with van der Waals surface area (Å²) in [5.41, 5.74) is 0.815. The van der Waals surface area contributed by atoms with Crippen LogP contribution in [-0.2, 0) is 0 Å². The lowest BCUT2D eigenvalue weighted by atomic mass is 10.3. The molecule has 0 spiro atoms. The highest BCUT2D eigenvalue weighted by Gasteiger charge is 2.12. The van der Waals surface area contributed by atoms with Gasteiger partial charge in [-0.15, -0.1) is 0 Å². The number of aryl methyl sites for hydroxylation is 1. The van der Waals surface area contributed by atoms with E-state index in [1.807, 2.05) is 0 Å². The van der Waals surface area contributed by atoms with Crippen LogP contribution in [0.1, 0.15) is 16.2 Å². The maximum atomic E-state index is 13.6. The van der Waals surface area contributed by atoms with Crippen LogP contribution >= 0.6 is 11.6 Å². The van der Waals surface area contributed by atoms with Gasteiger partial charge in [0.1, 0.15) is 5.69 Å². The van der Waals surface area contributed by atoms with Crippen molar-refractivity contribution in [2.24, 2.45) is 0 Å². The third-order valence-corrected chi connectivity index (χ3v) is 2.51. The van der Waals surface area contributed by atoms with Crippen LogP contribution in [0.2, 0.25) is 5.02 Å². The van der Waals surface area contributed by atoms with Crippen molar-refractivity contribution < 1.29 is 9.18 Å². The summed E-state index contributed by atoms with van der Waals surface area (Å²) in [6.45, 7) is 1.76. The van der Waals surface area contributed by atoms with Gasteiger partial charge in [-0.25, -0.2) is 9.37 Å². The van der Waals surface area contributed by atoms with E-state index in [0.717, 1.165) is 0 Å². The molecule has 0 unspecified atom stereocenters. The Labute approximate surface area is 108 Å². The number of anilines is 1. The van der Waals surface area contributed by atoms with E-state index >= 15 is 0 Å². The molecule has 2 aromatic rings. The molecule has 1 N–H and O–H groups in total. The minimum atomic E-state index is -0.674. The maximum absolute atomic E-state index is 13.6. The lowest BCUT2D eigenvalue weighted by molar-refractivity contribution is 0.102. The van der Waals surface area contributed by atoms with Gasteiger partial charge in [0, 0.05) is 6.20 Å². The summed E-state index contributed by atoms with van der Waals surface area (Å²) < 4.78 is 13.6. The van der Waals surface area contributed by atoms with Crippen molar-refractivity contribution in [2.75, 3.05) is 5.32 Å². The highest BCUT2D eigenvalue weighted by atomic mass is 35.5. The molecule has 18 heavy (non-hydrogen) atoms. The lowest BCUT2D eigenvalue weighted by Crippen LogP contribution is -2.15. The van der Waals surface area contributed by atoms with Crippen molar-refractivity contribution >= 4 is 23.2 Å². The standard InChI is InChI=1S/C12H9ClFN3O/c1-7-5-16-10(6-15-7)12(18)17-9-4-2-3-8(13)11(9)14/h2-6H,1H3,(H,17,18). The van der Waals surface area contributed by atoms with Gasteiger partial charge in [0.25, 0.3) is 5.91 Å². The number of nitrogens with one attached hydrogen (secondary N) is 1. The first-order valence-electron chi connectivity index (χ1n) is 5.12. The number of hydrogen-bond acceptors (Lipinski definition) is 3. The highest BCUT2D eigenvalue weighted by molar-refractivity contribution is 6.31. The Morgan fingerprint density at radius 3 is 2.78 bits per heavy atom. The summed E-state index contributed by atoms with van der Waals surface area (Å²) in [4.78, 5) is 19.6. The van der Waals surface area contributed by atoms with E-state index in [0.29, 0.717) is 5.69 Å². The molecule has 0 fully saturated rings. The number of hydrogen-bond donors (Lipinski definition) is 1. The molecule has 1 amide bonds. The zero-order valence-electron chi connectivity index (χ0n) is 9.45.